The molecule has 1 aliphatic rings. The van der Waals surface area contributed by atoms with Crippen LogP contribution in [-0.2, 0) is 4.79 Å². The number of halogens is 1. The van der Waals surface area contributed by atoms with Gasteiger partial charge in [-0.25, -0.2) is 0 Å². The van der Waals surface area contributed by atoms with E-state index < -0.39 is 0 Å². The highest BCUT2D eigenvalue weighted by Crippen LogP contribution is 2.40. The molecule has 0 aliphatic heterocycles. The van der Waals surface area contributed by atoms with E-state index in [1.54, 1.807) is 0 Å². The SMILES string of the molecule is Cl.NCCC(=O)NC1CC1c1ccccc1. The molecule has 3 nitrogen and oxygen atoms in total. The van der Waals surface area contributed by atoms with Gasteiger partial charge in [0, 0.05) is 24.9 Å². The fraction of sp³-hybridized carbons (Fsp3) is 0.417. The first kappa shape index (κ1) is 13.0. The maximum atomic E-state index is 11.3. The molecule has 0 aromatic heterocycles. The second-order valence-corrected chi connectivity index (χ2v) is 3.97. The maximum Gasteiger partial charge on any atom is 0.221 e. The first-order chi connectivity index (χ1) is 7.31. The Balaban J connectivity index is 0.00000128. The number of hydrogen-bond donors (Lipinski definition) is 2. The Kier molecular flexibility index (Phi) is 4.77. The van der Waals surface area contributed by atoms with Crippen molar-refractivity contribution in [1.82, 2.24) is 5.32 Å². The Bertz CT molecular complexity index is 342. The predicted octanol–water partition coefficient (Wildman–Crippen LogP) is 1.43. The average molecular weight is 241 g/mol. The number of carbonyl (C=O) groups excluding carboxylic acids is 1. The van der Waals surface area contributed by atoms with E-state index in [0.717, 1.165) is 6.42 Å². The Labute approximate surface area is 102 Å². The lowest BCUT2D eigenvalue weighted by Gasteiger charge is -2.03. The molecule has 0 radical (unpaired) electrons. The summed E-state index contributed by atoms with van der Waals surface area (Å²) in [6.45, 7) is 0.425. The van der Waals surface area contributed by atoms with Crippen LogP contribution in [0.2, 0.25) is 0 Å². The van der Waals surface area contributed by atoms with Crippen LogP contribution in [0.1, 0.15) is 24.3 Å². The van der Waals surface area contributed by atoms with Crippen molar-refractivity contribution >= 4 is 18.3 Å². The molecule has 1 aromatic carbocycles. The molecule has 0 spiro atoms. The van der Waals surface area contributed by atoms with Gasteiger partial charge in [-0.3, -0.25) is 4.79 Å². The number of amides is 1. The van der Waals surface area contributed by atoms with Crippen LogP contribution in [0.5, 0.6) is 0 Å². The monoisotopic (exact) mass is 240 g/mol. The molecular weight excluding hydrogens is 224 g/mol. The van der Waals surface area contributed by atoms with E-state index in [2.05, 4.69) is 17.4 Å². The number of benzene rings is 1. The van der Waals surface area contributed by atoms with Crippen molar-refractivity contribution in [2.24, 2.45) is 5.73 Å². The molecule has 1 aromatic rings. The zero-order valence-corrected chi connectivity index (χ0v) is 9.87. The zero-order chi connectivity index (χ0) is 10.7. The Morgan fingerprint density at radius 1 is 1.38 bits per heavy atom. The van der Waals surface area contributed by atoms with Gasteiger partial charge in [0.25, 0.3) is 0 Å². The van der Waals surface area contributed by atoms with Gasteiger partial charge in [0.2, 0.25) is 5.91 Å². The molecule has 2 unspecified atom stereocenters. The van der Waals surface area contributed by atoms with Crippen LogP contribution in [0.3, 0.4) is 0 Å². The third-order valence-corrected chi connectivity index (χ3v) is 2.74. The molecule has 1 amide bonds. The summed E-state index contributed by atoms with van der Waals surface area (Å²) in [5.41, 5.74) is 6.63. The molecule has 0 heterocycles. The fourth-order valence-electron chi connectivity index (χ4n) is 1.83. The number of nitrogens with one attached hydrogen (secondary N) is 1. The second kappa shape index (κ2) is 5.87. The van der Waals surface area contributed by atoms with Crippen LogP contribution in [0.4, 0.5) is 0 Å². The topological polar surface area (TPSA) is 55.1 Å². The molecule has 88 valence electrons. The summed E-state index contributed by atoms with van der Waals surface area (Å²) in [6, 6.07) is 10.6. The number of hydrogen-bond acceptors (Lipinski definition) is 2. The second-order valence-electron chi connectivity index (χ2n) is 3.97. The first-order valence-electron chi connectivity index (χ1n) is 5.35. The standard InChI is InChI=1S/C12H16N2O.ClH/c13-7-6-12(15)14-11-8-10(11)9-4-2-1-3-5-9;/h1-5,10-11H,6-8,13H2,(H,14,15);1H. The predicted molar refractivity (Wildman–Crippen MR) is 66.7 cm³/mol. The molecular formula is C12H17ClN2O. The molecule has 1 saturated carbocycles. The summed E-state index contributed by atoms with van der Waals surface area (Å²) in [7, 11) is 0. The molecule has 2 rings (SSSR count). The van der Waals surface area contributed by atoms with Crippen LogP contribution < -0.4 is 11.1 Å². The van der Waals surface area contributed by atoms with E-state index in [1.807, 2.05) is 18.2 Å². The summed E-state index contributed by atoms with van der Waals surface area (Å²) in [6.07, 6.45) is 1.48. The number of rotatable bonds is 4. The smallest absolute Gasteiger partial charge is 0.221 e. The van der Waals surface area contributed by atoms with Gasteiger partial charge in [0.1, 0.15) is 0 Å². The molecule has 3 N–H and O–H groups in total. The lowest BCUT2D eigenvalue weighted by Crippen LogP contribution is -2.28. The summed E-state index contributed by atoms with van der Waals surface area (Å²) in [5.74, 6) is 0.578. The van der Waals surface area contributed by atoms with Gasteiger partial charge in [-0.1, -0.05) is 30.3 Å². The highest BCUT2D eigenvalue weighted by Gasteiger charge is 2.38. The third kappa shape index (κ3) is 3.22. The molecule has 0 saturated heterocycles. The van der Waals surface area contributed by atoms with Crippen molar-refractivity contribution in [2.75, 3.05) is 6.54 Å². The molecule has 1 fully saturated rings. The largest absolute Gasteiger partial charge is 0.353 e. The van der Waals surface area contributed by atoms with E-state index in [-0.39, 0.29) is 18.3 Å². The van der Waals surface area contributed by atoms with Crippen molar-refractivity contribution in [3.8, 4) is 0 Å². The molecule has 2 atom stereocenters. The Morgan fingerprint density at radius 3 is 2.69 bits per heavy atom. The van der Waals surface area contributed by atoms with Gasteiger partial charge in [0.05, 0.1) is 0 Å². The van der Waals surface area contributed by atoms with Crippen molar-refractivity contribution < 1.29 is 4.79 Å². The van der Waals surface area contributed by atoms with Crippen molar-refractivity contribution in [3.63, 3.8) is 0 Å². The van der Waals surface area contributed by atoms with Gasteiger partial charge >= 0.3 is 0 Å². The number of nitrogens with two attached hydrogens (primary N) is 1. The lowest BCUT2D eigenvalue weighted by molar-refractivity contribution is -0.121. The molecule has 16 heavy (non-hydrogen) atoms. The third-order valence-electron chi connectivity index (χ3n) is 2.74. The van der Waals surface area contributed by atoms with E-state index in [1.165, 1.54) is 5.56 Å². The Hall–Kier alpha value is -1.06. The minimum Gasteiger partial charge on any atom is -0.353 e. The summed E-state index contributed by atoms with van der Waals surface area (Å²) in [5, 5.41) is 2.98. The molecule has 0 bridgehead atoms. The summed E-state index contributed by atoms with van der Waals surface area (Å²) in [4.78, 5) is 11.3. The summed E-state index contributed by atoms with van der Waals surface area (Å²) >= 11 is 0. The number of carbonyl (C=O) groups is 1. The van der Waals surface area contributed by atoms with Crippen molar-refractivity contribution in [1.29, 1.82) is 0 Å². The van der Waals surface area contributed by atoms with Crippen molar-refractivity contribution in [2.45, 2.75) is 24.8 Å². The van der Waals surface area contributed by atoms with E-state index in [4.69, 9.17) is 5.73 Å². The van der Waals surface area contributed by atoms with E-state index in [0.29, 0.717) is 24.9 Å². The Morgan fingerprint density at radius 2 is 2.06 bits per heavy atom. The van der Waals surface area contributed by atoms with Crippen LogP contribution in [0, 0.1) is 0 Å². The first-order valence-corrected chi connectivity index (χ1v) is 5.35. The van der Waals surface area contributed by atoms with Gasteiger partial charge in [-0.2, -0.15) is 0 Å². The normalized spacial score (nSPS) is 22.1. The average Bonchev–Trinajstić information content (AvgIpc) is 2.99. The van der Waals surface area contributed by atoms with Crippen LogP contribution in [-0.4, -0.2) is 18.5 Å². The quantitative estimate of drug-likeness (QED) is 0.837. The molecule has 1 aliphatic carbocycles. The maximum absolute atomic E-state index is 11.3. The van der Waals surface area contributed by atoms with Crippen LogP contribution in [0.15, 0.2) is 30.3 Å². The van der Waals surface area contributed by atoms with Gasteiger partial charge in [-0.15, -0.1) is 12.4 Å². The van der Waals surface area contributed by atoms with Crippen LogP contribution >= 0.6 is 12.4 Å². The van der Waals surface area contributed by atoms with E-state index in [9.17, 15) is 4.79 Å². The fourth-order valence-corrected chi connectivity index (χ4v) is 1.83. The van der Waals surface area contributed by atoms with Gasteiger partial charge < -0.3 is 11.1 Å². The minimum absolute atomic E-state index is 0. The highest BCUT2D eigenvalue weighted by atomic mass is 35.5. The lowest BCUT2D eigenvalue weighted by atomic mass is 10.1. The zero-order valence-electron chi connectivity index (χ0n) is 9.06. The molecule has 4 heteroatoms. The van der Waals surface area contributed by atoms with Gasteiger partial charge in [0.15, 0.2) is 0 Å². The summed E-state index contributed by atoms with van der Waals surface area (Å²) < 4.78 is 0. The highest BCUT2D eigenvalue weighted by molar-refractivity contribution is 5.85. The van der Waals surface area contributed by atoms with Gasteiger partial charge in [-0.05, 0) is 12.0 Å². The van der Waals surface area contributed by atoms with Crippen molar-refractivity contribution in [3.05, 3.63) is 35.9 Å². The van der Waals surface area contributed by atoms with Crippen LogP contribution in [0.25, 0.3) is 0 Å². The minimum atomic E-state index is 0. The van der Waals surface area contributed by atoms with E-state index >= 15 is 0 Å².